The van der Waals surface area contributed by atoms with Gasteiger partial charge >= 0.3 is 0 Å². The Morgan fingerprint density at radius 1 is 1.22 bits per heavy atom. The van der Waals surface area contributed by atoms with Gasteiger partial charge in [0.2, 0.25) is 5.91 Å². The number of amides is 2. The van der Waals surface area contributed by atoms with Crippen LogP contribution in [0.1, 0.15) is 34.5 Å². The molecule has 1 N–H and O–H groups in total. The third-order valence-corrected chi connectivity index (χ3v) is 4.51. The Morgan fingerprint density at radius 2 is 1.91 bits per heavy atom. The van der Waals surface area contributed by atoms with Gasteiger partial charge in [0.1, 0.15) is 6.54 Å². The number of nitrogens with zero attached hydrogens (tertiary/aromatic N) is 1. The number of nitrogens with one attached hydrogen (secondary N) is 1. The summed E-state index contributed by atoms with van der Waals surface area (Å²) in [5, 5.41) is 2.94. The van der Waals surface area contributed by atoms with Crippen LogP contribution in [0.15, 0.2) is 53.0 Å². The van der Waals surface area contributed by atoms with Crippen LogP contribution in [-0.4, -0.2) is 23.3 Å². The largest absolute Gasteiger partial charge is 0.348 e. The molecule has 0 aromatic heterocycles. The molecular weight excluding hydrogens is 356 g/mol. The molecule has 4 nitrogen and oxygen atoms in total. The molecule has 1 aliphatic heterocycles. The summed E-state index contributed by atoms with van der Waals surface area (Å²) in [4.78, 5) is 26.1. The van der Waals surface area contributed by atoms with Gasteiger partial charge in [0.15, 0.2) is 0 Å². The number of halogens is 1. The zero-order valence-electron chi connectivity index (χ0n) is 12.8. The van der Waals surface area contributed by atoms with Crippen molar-refractivity contribution in [2.75, 3.05) is 6.54 Å². The Labute approximate surface area is 143 Å². The maximum absolute atomic E-state index is 12.3. The molecule has 0 saturated heterocycles. The van der Waals surface area contributed by atoms with Crippen molar-refractivity contribution >= 4 is 27.7 Å². The topological polar surface area (TPSA) is 49.4 Å². The van der Waals surface area contributed by atoms with Crippen LogP contribution in [0.2, 0.25) is 0 Å². The second-order valence-corrected chi connectivity index (χ2v) is 6.57. The van der Waals surface area contributed by atoms with Gasteiger partial charge in [-0.3, -0.25) is 9.59 Å². The maximum Gasteiger partial charge on any atom is 0.254 e. The lowest BCUT2D eigenvalue weighted by molar-refractivity contribution is -0.122. The minimum Gasteiger partial charge on any atom is -0.348 e. The van der Waals surface area contributed by atoms with Crippen molar-refractivity contribution in [3.8, 4) is 0 Å². The summed E-state index contributed by atoms with van der Waals surface area (Å²) < 4.78 is 1.00. The van der Waals surface area contributed by atoms with Crippen molar-refractivity contribution in [3.05, 3.63) is 69.7 Å². The molecule has 3 rings (SSSR count). The molecular formula is C18H17BrN2O2. The molecule has 23 heavy (non-hydrogen) atoms. The summed E-state index contributed by atoms with van der Waals surface area (Å²) in [6, 6.07) is 15.2. The van der Waals surface area contributed by atoms with E-state index in [1.165, 1.54) is 0 Å². The van der Waals surface area contributed by atoms with Crippen LogP contribution < -0.4 is 5.32 Å². The van der Waals surface area contributed by atoms with Crippen molar-refractivity contribution in [3.63, 3.8) is 0 Å². The molecule has 118 valence electrons. The van der Waals surface area contributed by atoms with E-state index in [0.29, 0.717) is 12.1 Å². The molecule has 0 aliphatic carbocycles. The Bertz CT molecular complexity index is 743. The van der Waals surface area contributed by atoms with E-state index in [4.69, 9.17) is 0 Å². The van der Waals surface area contributed by atoms with E-state index in [-0.39, 0.29) is 24.4 Å². The number of hydrogen-bond donors (Lipinski definition) is 1. The summed E-state index contributed by atoms with van der Waals surface area (Å²) in [5.41, 5.74) is 2.70. The molecule has 0 bridgehead atoms. The minimum absolute atomic E-state index is 0.0768. The van der Waals surface area contributed by atoms with Crippen molar-refractivity contribution in [2.45, 2.75) is 19.5 Å². The first-order valence-corrected chi connectivity index (χ1v) is 8.26. The molecule has 0 spiro atoms. The molecule has 2 aromatic carbocycles. The monoisotopic (exact) mass is 372 g/mol. The highest BCUT2D eigenvalue weighted by atomic mass is 79.9. The van der Waals surface area contributed by atoms with E-state index in [1.807, 2.05) is 49.4 Å². The van der Waals surface area contributed by atoms with Gasteiger partial charge in [0.05, 0.1) is 6.04 Å². The first-order valence-electron chi connectivity index (χ1n) is 7.46. The average Bonchev–Trinajstić information content (AvgIpc) is 2.84. The Kier molecular flexibility index (Phi) is 4.48. The van der Waals surface area contributed by atoms with Crippen molar-refractivity contribution in [1.29, 1.82) is 0 Å². The van der Waals surface area contributed by atoms with Crippen LogP contribution in [0.5, 0.6) is 0 Å². The van der Waals surface area contributed by atoms with Crippen LogP contribution >= 0.6 is 15.9 Å². The lowest BCUT2D eigenvalue weighted by Gasteiger charge is -2.19. The smallest absolute Gasteiger partial charge is 0.254 e. The van der Waals surface area contributed by atoms with E-state index in [0.717, 1.165) is 15.6 Å². The summed E-state index contributed by atoms with van der Waals surface area (Å²) >= 11 is 3.39. The predicted molar refractivity (Wildman–Crippen MR) is 91.9 cm³/mol. The van der Waals surface area contributed by atoms with Crippen molar-refractivity contribution < 1.29 is 9.59 Å². The summed E-state index contributed by atoms with van der Waals surface area (Å²) in [5.74, 6) is -0.228. The van der Waals surface area contributed by atoms with E-state index >= 15 is 0 Å². The van der Waals surface area contributed by atoms with Crippen LogP contribution in [0.3, 0.4) is 0 Å². The number of carbonyl (C=O) groups is 2. The van der Waals surface area contributed by atoms with E-state index in [2.05, 4.69) is 21.2 Å². The summed E-state index contributed by atoms with van der Waals surface area (Å²) in [7, 11) is 0. The number of hydrogen-bond acceptors (Lipinski definition) is 2. The Balaban J connectivity index is 1.60. The molecule has 0 unspecified atom stereocenters. The fourth-order valence-electron chi connectivity index (χ4n) is 2.74. The van der Waals surface area contributed by atoms with Crippen molar-refractivity contribution in [2.24, 2.45) is 0 Å². The highest BCUT2D eigenvalue weighted by Crippen LogP contribution is 2.22. The van der Waals surface area contributed by atoms with Gasteiger partial charge in [0, 0.05) is 16.6 Å². The third kappa shape index (κ3) is 3.45. The highest BCUT2D eigenvalue weighted by Gasteiger charge is 2.28. The van der Waals surface area contributed by atoms with Gasteiger partial charge in [-0.1, -0.05) is 46.3 Å². The predicted octanol–water partition coefficient (Wildman–Crippen LogP) is 3.28. The van der Waals surface area contributed by atoms with E-state index in [9.17, 15) is 9.59 Å². The fraction of sp³-hybridized carbons (Fsp3) is 0.222. The quantitative estimate of drug-likeness (QED) is 0.894. The normalized spacial score (nSPS) is 14.5. The number of rotatable bonds is 4. The molecule has 1 heterocycles. The second kappa shape index (κ2) is 6.54. The van der Waals surface area contributed by atoms with Gasteiger partial charge < -0.3 is 10.2 Å². The Morgan fingerprint density at radius 3 is 2.61 bits per heavy atom. The summed E-state index contributed by atoms with van der Waals surface area (Å²) in [6.07, 6.45) is 0. The first kappa shape index (κ1) is 15.7. The average molecular weight is 373 g/mol. The third-order valence-electron chi connectivity index (χ3n) is 3.98. The van der Waals surface area contributed by atoms with Gasteiger partial charge in [-0.2, -0.15) is 0 Å². The van der Waals surface area contributed by atoms with Crippen LogP contribution in [0.25, 0.3) is 0 Å². The number of fused-ring (bicyclic) bond motifs is 1. The fourth-order valence-corrected chi connectivity index (χ4v) is 3.00. The van der Waals surface area contributed by atoms with Crippen LogP contribution in [0, 0.1) is 0 Å². The standard InChI is InChI=1S/C18H17BrN2O2/c1-12(13-6-8-15(19)9-7-13)20-17(22)11-21-10-14-4-2-3-5-16(14)18(21)23/h2-9,12H,10-11H2,1H3,(H,20,22)/t12-/m1/s1. The SMILES string of the molecule is C[C@@H](NC(=O)CN1Cc2ccccc2C1=O)c1ccc(Br)cc1. The van der Waals surface area contributed by atoms with Gasteiger partial charge in [0.25, 0.3) is 5.91 Å². The van der Waals surface area contributed by atoms with E-state index < -0.39 is 0 Å². The second-order valence-electron chi connectivity index (χ2n) is 5.66. The zero-order valence-corrected chi connectivity index (χ0v) is 14.3. The molecule has 0 radical (unpaired) electrons. The van der Waals surface area contributed by atoms with Gasteiger partial charge in [-0.15, -0.1) is 0 Å². The maximum atomic E-state index is 12.3. The molecule has 0 saturated carbocycles. The molecule has 2 aromatic rings. The van der Waals surface area contributed by atoms with Crippen LogP contribution in [-0.2, 0) is 11.3 Å². The molecule has 5 heteroatoms. The summed E-state index contributed by atoms with van der Waals surface area (Å²) in [6.45, 7) is 2.51. The minimum atomic E-state index is -0.151. The first-order chi connectivity index (χ1) is 11.0. The highest BCUT2D eigenvalue weighted by molar-refractivity contribution is 9.10. The lowest BCUT2D eigenvalue weighted by atomic mass is 10.1. The molecule has 0 fully saturated rings. The zero-order chi connectivity index (χ0) is 16.4. The van der Waals surface area contributed by atoms with Crippen LogP contribution in [0.4, 0.5) is 0 Å². The molecule has 1 aliphatic rings. The number of carbonyl (C=O) groups excluding carboxylic acids is 2. The molecule has 1 atom stereocenters. The Hall–Kier alpha value is -2.14. The van der Waals surface area contributed by atoms with Gasteiger partial charge in [-0.25, -0.2) is 0 Å². The number of benzene rings is 2. The van der Waals surface area contributed by atoms with Crippen molar-refractivity contribution in [1.82, 2.24) is 10.2 Å². The van der Waals surface area contributed by atoms with E-state index in [1.54, 1.807) is 11.0 Å². The van der Waals surface area contributed by atoms with Gasteiger partial charge in [-0.05, 0) is 36.2 Å². The lowest BCUT2D eigenvalue weighted by Crippen LogP contribution is -2.38. The molecule has 2 amide bonds.